The Morgan fingerprint density at radius 1 is 1.07 bits per heavy atom. The van der Waals surface area contributed by atoms with Crippen LogP contribution in [0.15, 0.2) is 22.3 Å². The molecule has 1 aliphatic carbocycles. The Morgan fingerprint density at radius 3 is 1.93 bits per heavy atom. The van der Waals surface area contributed by atoms with Gasteiger partial charge in [0.25, 0.3) is 10.1 Å². The quantitative estimate of drug-likeness (QED) is 0.544. The van der Waals surface area contributed by atoms with E-state index in [1.807, 2.05) is 0 Å². The predicted octanol–water partition coefficient (Wildman–Crippen LogP) is 1.48. The molecule has 0 radical (unpaired) electrons. The number of hydrogen-bond acceptors (Lipinski definition) is 3. The summed E-state index contributed by atoms with van der Waals surface area (Å²) in [6.07, 6.45) is -6.25. The number of aliphatic hydroxyl groups is 1. The molecular formula is C6H4F4O4S. The minimum absolute atomic E-state index is 1.88. The molecule has 9 heteroatoms. The summed E-state index contributed by atoms with van der Waals surface area (Å²) in [7, 11) is -5.41. The fraction of sp³-hybridized carbons (Fsp3) is 0.333. The number of rotatable bonds is 1. The van der Waals surface area contributed by atoms with E-state index in [9.17, 15) is 26.0 Å². The van der Waals surface area contributed by atoms with E-state index in [1.165, 1.54) is 0 Å². The number of aliphatic hydroxyl groups excluding tert-OH is 1. The van der Waals surface area contributed by atoms with Crippen molar-refractivity contribution in [1.29, 1.82) is 0 Å². The van der Waals surface area contributed by atoms with E-state index >= 15 is 0 Å². The Hall–Kier alpha value is -1.09. The van der Waals surface area contributed by atoms with Gasteiger partial charge in [-0.15, -0.1) is 0 Å². The maximum Gasteiger partial charge on any atom is 0.296 e. The standard InChI is InChI=1S/C6H4F4O4S/c7-1-3(9)6(15(12,13)14)4(10)2(8)5(1)11/h1,3,11H,(H,12,13,14). The van der Waals surface area contributed by atoms with Crippen molar-refractivity contribution in [2.75, 3.05) is 0 Å². The summed E-state index contributed by atoms with van der Waals surface area (Å²) in [5.74, 6) is -6.46. The van der Waals surface area contributed by atoms with Crippen molar-refractivity contribution in [2.24, 2.45) is 0 Å². The Labute approximate surface area is 81.3 Å². The van der Waals surface area contributed by atoms with Crippen molar-refractivity contribution in [3.05, 3.63) is 22.3 Å². The van der Waals surface area contributed by atoms with Crippen molar-refractivity contribution >= 4 is 10.1 Å². The Balaban J connectivity index is 3.49. The van der Waals surface area contributed by atoms with E-state index in [4.69, 9.17) is 9.66 Å². The van der Waals surface area contributed by atoms with Crippen LogP contribution >= 0.6 is 0 Å². The number of allylic oxidation sites excluding steroid dienone is 4. The largest absolute Gasteiger partial charge is 0.506 e. The molecule has 0 heterocycles. The van der Waals surface area contributed by atoms with Crippen LogP contribution in [0, 0.1) is 0 Å². The highest BCUT2D eigenvalue weighted by Crippen LogP contribution is 2.36. The van der Waals surface area contributed by atoms with Crippen LogP contribution in [0.4, 0.5) is 17.6 Å². The first-order valence-corrected chi connectivity index (χ1v) is 4.86. The molecule has 1 rings (SSSR count). The van der Waals surface area contributed by atoms with E-state index in [0.717, 1.165) is 0 Å². The third kappa shape index (κ3) is 1.84. The molecule has 0 saturated carbocycles. The van der Waals surface area contributed by atoms with Crippen LogP contribution in [0.1, 0.15) is 0 Å². The predicted molar refractivity (Wildman–Crippen MR) is 40.2 cm³/mol. The Kier molecular flexibility index (Phi) is 2.79. The van der Waals surface area contributed by atoms with Gasteiger partial charge in [0.15, 0.2) is 23.9 Å². The fourth-order valence-corrected chi connectivity index (χ4v) is 1.71. The minimum Gasteiger partial charge on any atom is -0.506 e. The molecule has 86 valence electrons. The molecule has 0 bridgehead atoms. The molecule has 0 spiro atoms. The van der Waals surface area contributed by atoms with Gasteiger partial charge in [-0.3, -0.25) is 4.55 Å². The molecule has 1 aliphatic rings. The van der Waals surface area contributed by atoms with Crippen LogP contribution in [0.3, 0.4) is 0 Å². The molecule has 2 N–H and O–H groups in total. The molecule has 0 amide bonds. The Morgan fingerprint density at radius 2 is 1.53 bits per heavy atom. The second-order valence-electron chi connectivity index (χ2n) is 2.66. The van der Waals surface area contributed by atoms with Crippen molar-refractivity contribution in [3.8, 4) is 0 Å². The van der Waals surface area contributed by atoms with Gasteiger partial charge in [-0.1, -0.05) is 0 Å². The van der Waals surface area contributed by atoms with E-state index in [2.05, 4.69) is 0 Å². The average Bonchev–Trinajstić information content (AvgIpc) is 2.09. The third-order valence-electron chi connectivity index (χ3n) is 1.68. The van der Waals surface area contributed by atoms with Gasteiger partial charge in [-0.2, -0.15) is 12.8 Å². The van der Waals surface area contributed by atoms with E-state index in [-0.39, 0.29) is 0 Å². The van der Waals surface area contributed by atoms with Gasteiger partial charge >= 0.3 is 0 Å². The van der Waals surface area contributed by atoms with Crippen molar-refractivity contribution in [1.82, 2.24) is 0 Å². The van der Waals surface area contributed by atoms with Crippen LogP contribution in [0.25, 0.3) is 0 Å². The van der Waals surface area contributed by atoms with E-state index in [0.29, 0.717) is 0 Å². The first-order valence-electron chi connectivity index (χ1n) is 3.42. The molecule has 0 fully saturated rings. The van der Waals surface area contributed by atoms with Crippen molar-refractivity contribution in [3.63, 3.8) is 0 Å². The zero-order valence-electron chi connectivity index (χ0n) is 6.79. The number of alkyl halides is 2. The van der Waals surface area contributed by atoms with Crippen LogP contribution in [-0.4, -0.2) is 30.4 Å². The molecule has 15 heavy (non-hydrogen) atoms. The van der Waals surface area contributed by atoms with Gasteiger partial charge in [0, 0.05) is 0 Å². The SMILES string of the molecule is O=S(=O)(O)C1=C(F)C(F)=C(O)C(F)C1F. The van der Waals surface area contributed by atoms with Crippen molar-refractivity contribution in [2.45, 2.75) is 12.3 Å². The molecule has 0 aromatic carbocycles. The minimum atomic E-state index is -5.41. The zero-order valence-corrected chi connectivity index (χ0v) is 7.60. The molecular weight excluding hydrogens is 244 g/mol. The lowest BCUT2D eigenvalue weighted by Crippen LogP contribution is -2.31. The first-order chi connectivity index (χ1) is 6.68. The van der Waals surface area contributed by atoms with Crippen molar-refractivity contribution < 1.29 is 35.6 Å². The monoisotopic (exact) mass is 248 g/mol. The average molecular weight is 248 g/mol. The second kappa shape index (κ2) is 3.49. The summed E-state index contributed by atoms with van der Waals surface area (Å²) in [5, 5.41) is 8.51. The van der Waals surface area contributed by atoms with Gasteiger partial charge in [0.05, 0.1) is 0 Å². The number of hydrogen-bond donors (Lipinski definition) is 2. The molecule has 2 unspecified atom stereocenters. The van der Waals surface area contributed by atoms with Gasteiger partial charge in [0.1, 0.15) is 4.91 Å². The van der Waals surface area contributed by atoms with Crippen LogP contribution in [0.2, 0.25) is 0 Å². The van der Waals surface area contributed by atoms with Gasteiger partial charge in [-0.05, 0) is 0 Å². The maximum atomic E-state index is 12.8. The molecule has 0 saturated heterocycles. The summed E-state index contributed by atoms with van der Waals surface area (Å²) in [5.41, 5.74) is 0. The third-order valence-corrected chi connectivity index (χ3v) is 2.64. The normalized spacial score (nSPS) is 28.6. The van der Waals surface area contributed by atoms with Crippen LogP contribution in [-0.2, 0) is 10.1 Å². The highest BCUT2D eigenvalue weighted by atomic mass is 32.2. The first kappa shape index (κ1) is 12.0. The highest BCUT2D eigenvalue weighted by Gasteiger charge is 2.44. The van der Waals surface area contributed by atoms with E-state index in [1.54, 1.807) is 0 Å². The lowest BCUT2D eigenvalue weighted by atomic mass is 10.1. The summed E-state index contributed by atoms with van der Waals surface area (Å²) in [6, 6.07) is 0. The zero-order chi connectivity index (χ0) is 12.0. The summed E-state index contributed by atoms with van der Waals surface area (Å²) < 4.78 is 79.9. The molecule has 4 nitrogen and oxygen atoms in total. The molecule has 2 atom stereocenters. The van der Waals surface area contributed by atoms with Gasteiger partial charge in [0.2, 0.25) is 5.83 Å². The highest BCUT2D eigenvalue weighted by molar-refractivity contribution is 7.89. The molecule has 0 aliphatic heterocycles. The maximum absolute atomic E-state index is 12.8. The topological polar surface area (TPSA) is 74.6 Å². The fourth-order valence-electron chi connectivity index (χ4n) is 0.990. The van der Waals surface area contributed by atoms with Crippen LogP contribution < -0.4 is 0 Å². The van der Waals surface area contributed by atoms with Gasteiger partial charge in [-0.25, -0.2) is 13.2 Å². The lowest BCUT2D eigenvalue weighted by molar-refractivity contribution is 0.156. The van der Waals surface area contributed by atoms with Crippen LogP contribution in [0.5, 0.6) is 0 Å². The Bertz CT molecular complexity index is 452. The van der Waals surface area contributed by atoms with E-state index < -0.39 is 44.8 Å². The summed E-state index contributed by atoms with van der Waals surface area (Å²) in [6.45, 7) is 0. The van der Waals surface area contributed by atoms with Gasteiger partial charge < -0.3 is 5.11 Å². The lowest BCUT2D eigenvalue weighted by Gasteiger charge is -2.19. The second-order valence-corrected chi connectivity index (χ2v) is 4.05. The molecule has 0 aromatic rings. The summed E-state index contributed by atoms with van der Waals surface area (Å²) >= 11 is 0. The smallest absolute Gasteiger partial charge is 0.296 e. The number of halogens is 4. The molecule has 0 aromatic heterocycles. The summed E-state index contributed by atoms with van der Waals surface area (Å²) in [4.78, 5) is -2.06.